The minimum Gasteiger partial charge on any atom is -0.382 e. The molecule has 0 aliphatic heterocycles. The van der Waals surface area contributed by atoms with Crippen LogP contribution in [0, 0.1) is 0 Å². The van der Waals surface area contributed by atoms with Gasteiger partial charge in [-0.1, -0.05) is 6.58 Å². The highest BCUT2D eigenvalue weighted by Crippen LogP contribution is 2.25. The molecule has 0 amide bonds. The SMILES string of the molecule is C=C(c1ccc[nH]1)C(O)c1ccc[nH]1. The average molecular weight is 188 g/mol. The Labute approximate surface area is 82.1 Å². The van der Waals surface area contributed by atoms with Crippen LogP contribution in [0.5, 0.6) is 0 Å². The largest absolute Gasteiger partial charge is 0.382 e. The summed E-state index contributed by atoms with van der Waals surface area (Å²) in [6.45, 7) is 3.85. The van der Waals surface area contributed by atoms with E-state index in [0.29, 0.717) is 5.57 Å². The molecular weight excluding hydrogens is 176 g/mol. The average Bonchev–Trinajstić information content (AvgIpc) is 2.87. The second kappa shape index (κ2) is 3.55. The van der Waals surface area contributed by atoms with E-state index in [2.05, 4.69) is 16.5 Å². The number of aromatic nitrogens is 2. The Kier molecular flexibility index (Phi) is 2.24. The van der Waals surface area contributed by atoms with Crippen molar-refractivity contribution in [2.24, 2.45) is 0 Å². The first-order valence-corrected chi connectivity index (χ1v) is 4.43. The van der Waals surface area contributed by atoms with Crippen molar-refractivity contribution < 1.29 is 5.11 Å². The normalized spacial score (nSPS) is 12.6. The molecule has 0 aromatic carbocycles. The van der Waals surface area contributed by atoms with Crippen LogP contribution in [0.3, 0.4) is 0 Å². The zero-order chi connectivity index (χ0) is 9.97. The molecule has 14 heavy (non-hydrogen) atoms. The number of rotatable bonds is 3. The first-order chi connectivity index (χ1) is 6.79. The summed E-state index contributed by atoms with van der Waals surface area (Å²) < 4.78 is 0. The summed E-state index contributed by atoms with van der Waals surface area (Å²) in [6.07, 6.45) is 2.91. The molecule has 0 saturated carbocycles. The van der Waals surface area contributed by atoms with Gasteiger partial charge in [-0.25, -0.2) is 0 Å². The monoisotopic (exact) mass is 188 g/mol. The van der Waals surface area contributed by atoms with Gasteiger partial charge in [0, 0.05) is 29.4 Å². The van der Waals surface area contributed by atoms with Crippen LogP contribution in [0.25, 0.3) is 5.57 Å². The molecule has 72 valence electrons. The zero-order valence-electron chi connectivity index (χ0n) is 7.70. The number of hydrogen-bond acceptors (Lipinski definition) is 1. The number of H-pyrrole nitrogens is 2. The second-order valence-electron chi connectivity index (χ2n) is 3.14. The van der Waals surface area contributed by atoms with Crippen molar-refractivity contribution in [3.8, 4) is 0 Å². The molecule has 2 aromatic rings. The number of aliphatic hydroxyl groups excluding tert-OH is 1. The predicted molar refractivity (Wildman–Crippen MR) is 55.6 cm³/mol. The van der Waals surface area contributed by atoms with Crippen molar-refractivity contribution in [2.45, 2.75) is 6.10 Å². The first kappa shape index (κ1) is 8.84. The maximum atomic E-state index is 9.90. The number of aromatic amines is 2. The quantitative estimate of drug-likeness (QED) is 0.678. The molecule has 0 aliphatic carbocycles. The highest BCUT2D eigenvalue weighted by molar-refractivity contribution is 5.64. The van der Waals surface area contributed by atoms with Crippen LogP contribution < -0.4 is 0 Å². The molecule has 1 unspecified atom stereocenters. The van der Waals surface area contributed by atoms with Gasteiger partial charge in [-0.05, 0) is 24.3 Å². The van der Waals surface area contributed by atoms with Crippen molar-refractivity contribution in [3.05, 3.63) is 54.6 Å². The van der Waals surface area contributed by atoms with E-state index in [0.717, 1.165) is 11.4 Å². The van der Waals surface area contributed by atoms with Gasteiger partial charge in [-0.2, -0.15) is 0 Å². The Balaban J connectivity index is 2.21. The van der Waals surface area contributed by atoms with E-state index in [-0.39, 0.29) is 0 Å². The molecule has 0 saturated heterocycles. The number of hydrogen-bond donors (Lipinski definition) is 3. The van der Waals surface area contributed by atoms with Crippen molar-refractivity contribution in [1.29, 1.82) is 0 Å². The van der Waals surface area contributed by atoms with Crippen molar-refractivity contribution in [3.63, 3.8) is 0 Å². The fraction of sp³-hybridized carbons (Fsp3) is 0.0909. The third kappa shape index (κ3) is 1.49. The van der Waals surface area contributed by atoms with Crippen LogP contribution in [-0.4, -0.2) is 15.1 Å². The third-order valence-electron chi connectivity index (χ3n) is 2.19. The van der Waals surface area contributed by atoms with E-state index in [1.54, 1.807) is 6.20 Å². The van der Waals surface area contributed by atoms with Gasteiger partial charge >= 0.3 is 0 Å². The predicted octanol–water partition coefficient (Wildman–Crippen LogP) is 2.09. The molecule has 2 aromatic heterocycles. The van der Waals surface area contributed by atoms with Gasteiger partial charge in [0.25, 0.3) is 0 Å². The highest BCUT2D eigenvalue weighted by atomic mass is 16.3. The minimum atomic E-state index is -0.677. The minimum absolute atomic E-state index is 0.664. The van der Waals surface area contributed by atoms with E-state index in [4.69, 9.17) is 0 Å². The Bertz CT molecular complexity index is 400. The molecule has 0 spiro atoms. The van der Waals surface area contributed by atoms with Crippen LogP contribution in [0.4, 0.5) is 0 Å². The molecule has 3 heteroatoms. The first-order valence-electron chi connectivity index (χ1n) is 4.43. The van der Waals surface area contributed by atoms with Crippen molar-refractivity contribution >= 4 is 5.57 Å². The molecule has 0 aliphatic rings. The molecule has 3 nitrogen and oxygen atoms in total. The van der Waals surface area contributed by atoms with Crippen LogP contribution in [0.2, 0.25) is 0 Å². The summed E-state index contributed by atoms with van der Waals surface area (Å²) in [4.78, 5) is 5.96. The lowest BCUT2D eigenvalue weighted by Gasteiger charge is -2.10. The Hall–Kier alpha value is -1.74. The van der Waals surface area contributed by atoms with Crippen molar-refractivity contribution in [2.75, 3.05) is 0 Å². The van der Waals surface area contributed by atoms with Gasteiger partial charge in [0.2, 0.25) is 0 Å². The smallest absolute Gasteiger partial charge is 0.120 e. The van der Waals surface area contributed by atoms with Gasteiger partial charge in [-0.3, -0.25) is 0 Å². The molecule has 0 bridgehead atoms. The highest BCUT2D eigenvalue weighted by Gasteiger charge is 2.13. The fourth-order valence-electron chi connectivity index (χ4n) is 1.38. The maximum Gasteiger partial charge on any atom is 0.120 e. The van der Waals surface area contributed by atoms with Crippen molar-refractivity contribution in [1.82, 2.24) is 9.97 Å². The molecule has 0 radical (unpaired) electrons. The molecule has 0 fully saturated rings. The van der Waals surface area contributed by atoms with Crippen LogP contribution in [-0.2, 0) is 0 Å². The van der Waals surface area contributed by atoms with E-state index in [1.807, 2.05) is 30.5 Å². The summed E-state index contributed by atoms with van der Waals surface area (Å²) in [5, 5.41) is 9.90. The fourth-order valence-corrected chi connectivity index (χ4v) is 1.38. The van der Waals surface area contributed by atoms with Crippen LogP contribution in [0.15, 0.2) is 43.2 Å². The molecule has 1 atom stereocenters. The summed E-state index contributed by atoms with van der Waals surface area (Å²) in [5.41, 5.74) is 2.27. The second-order valence-corrected chi connectivity index (χ2v) is 3.14. The Morgan fingerprint density at radius 1 is 1.21 bits per heavy atom. The molecule has 2 heterocycles. The summed E-state index contributed by atoms with van der Waals surface area (Å²) in [6, 6.07) is 7.44. The molecule has 2 rings (SSSR count). The summed E-state index contributed by atoms with van der Waals surface area (Å²) >= 11 is 0. The molecular formula is C11H12N2O. The van der Waals surface area contributed by atoms with E-state index in [1.165, 1.54) is 0 Å². The standard InChI is InChI=1S/C11H12N2O/c1-8(9-4-2-6-12-9)11(14)10-5-3-7-13-10/h2-7,11-14H,1H2. The van der Waals surface area contributed by atoms with E-state index < -0.39 is 6.10 Å². The zero-order valence-corrected chi connectivity index (χ0v) is 7.70. The van der Waals surface area contributed by atoms with Gasteiger partial charge in [0.1, 0.15) is 6.10 Å². The van der Waals surface area contributed by atoms with E-state index in [9.17, 15) is 5.11 Å². The van der Waals surface area contributed by atoms with E-state index >= 15 is 0 Å². The third-order valence-corrected chi connectivity index (χ3v) is 2.19. The number of nitrogens with one attached hydrogen (secondary N) is 2. The maximum absolute atomic E-state index is 9.90. The van der Waals surface area contributed by atoms with Gasteiger partial charge in [0.15, 0.2) is 0 Å². The Morgan fingerprint density at radius 3 is 2.50 bits per heavy atom. The number of aliphatic hydroxyl groups is 1. The van der Waals surface area contributed by atoms with Gasteiger partial charge in [0.05, 0.1) is 0 Å². The lowest BCUT2D eigenvalue weighted by Crippen LogP contribution is -2.00. The summed E-state index contributed by atoms with van der Waals surface area (Å²) in [7, 11) is 0. The Morgan fingerprint density at radius 2 is 1.93 bits per heavy atom. The topological polar surface area (TPSA) is 51.8 Å². The lowest BCUT2D eigenvalue weighted by molar-refractivity contribution is 0.234. The molecule has 3 N–H and O–H groups in total. The van der Waals surface area contributed by atoms with Crippen LogP contribution >= 0.6 is 0 Å². The lowest BCUT2D eigenvalue weighted by atomic mass is 10.1. The summed E-state index contributed by atoms with van der Waals surface area (Å²) in [5.74, 6) is 0. The van der Waals surface area contributed by atoms with Gasteiger partial charge in [-0.15, -0.1) is 0 Å². The van der Waals surface area contributed by atoms with Crippen LogP contribution in [0.1, 0.15) is 17.5 Å². The van der Waals surface area contributed by atoms with Gasteiger partial charge < -0.3 is 15.1 Å².